The normalized spacial score (nSPS) is 20.6. The fourth-order valence-corrected chi connectivity index (χ4v) is 8.04. The van der Waals surface area contributed by atoms with Gasteiger partial charge in [-0.25, -0.2) is 4.57 Å². The molecular weight excluding hydrogens is 773 g/mol. The van der Waals surface area contributed by atoms with Crippen LogP contribution in [0, 0.1) is 11.8 Å². The number of carbonyl (C=O) groups is 2. The Morgan fingerprint density at radius 1 is 0.763 bits per heavy atom. The molecule has 1 saturated carbocycles. The molecule has 0 spiro atoms. The molecule has 4 N–H and O–H groups in total. The van der Waals surface area contributed by atoms with Crippen molar-refractivity contribution in [2.45, 2.75) is 199 Å². The van der Waals surface area contributed by atoms with Gasteiger partial charge in [0.2, 0.25) is 0 Å². The second kappa shape index (κ2) is 33.9. The molecule has 0 aliphatic heterocycles. The molecule has 0 bridgehead atoms. The molecule has 0 heterocycles. The number of aliphatic hydroxyl groups excluding tert-OH is 3. The van der Waals surface area contributed by atoms with Crippen LogP contribution in [0.1, 0.15) is 174 Å². The number of hydrogen-bond acceptors (Lipinski definition) is 10. The van der Waals surface area contributed by atoms with Crippen LogP contribution in [0.25, 0.3) is 0 Å². The number of esters is 1. The minimum absolute atomic E-state index is 0.0313. The van der Waals surface area contributed by atoms with Gasteiger partial charge in [0.1, 0.15) is 25.5 Å². The lowest BCUT2D eigenvalue weighted by Gasteiger charge is -2.24. The van der Waals surface area contributed by atoms with E-state index >= 15 is 0 Å². The zero-order valence-corrected chi connectivity index (χ0v) is 38.7. The Labute approximate surface area is 358 Å². The number of rotatable bonds is 39. The first-order chi connectivity index (χ1) is 28.2. The van der Waals surface area contributed by atoms with Crippen molar-refractivity contribution in [1.82, 2.24) is 0 Å². The number of likely N-dealkylation sites (N-methyl/N-ethyl adjacent to an activating group) is 1. The van der Waals surface area contributed by atoms with Gasteiger partial charge in [0, 0.05) is 37.5 Å². The van der Waals surface area contributed by atoms with Crippen molar-refractivity contribution in [3.8, 4) is 0 Å². The van der Waals surface area contributed by atoms with Crippen LogP contribution in [-0.2, 0) is 32.7 Å². The van der Waals surface area contributed by atoms with Crippen LogP contribution in [0.5, 0.6) is 0 Å². The van der Waals surface area contributed by atoms with E-state index in [4.69, 9.17) is 18.5 Å². The van der Waals surface area contributed by atoms with E-state index in [1.807, 2.05) is 27.2 Å². The first-order valence-electron chi connectivity index (χ1n) is 23.3. The summed E-state index contributed by atoms with van der Waals surface area (Å²) < 4.78 is 34.6. The van der Waals surface area contributed by atoms with Crippen LogP contribution in [0.15, 0.2) is 24.5 Å². The van der Waals surface area contributed by atoms with Gasteiger partial charge in [0.05, 0.1) is 52.3 Å². The van der Waals surface area contributed by atoms with Crippen LogP contribution in [0.2, 0.25) is 0 Å². The van der Waals surface area contributed by atoms with Gasteiger partial charge in [-0.15, -0.1) is 0 Å². The van der Waals surface area contributed by atoms with E-state index in [1.54, 1.807) is 12.2 Å². The quantitative estimate of drug-likeness (QED) is 0.0116. The maximum Gasteiger partial charge on any atom is 0.472 e. The number of phosphoric acid groups is 1. The largest absolute Gasteiger partial charge is 0.492 e. The van der Waals surface area contributed by atoms with E-state index in [2.05, 4.69) is 13.8 Å². The molecule has 0 aromatic heterocycles. The smallest absolute Gasteiger partial charge is 0.472 e. The standard InChI is InChI=1S/C46H86NO11P/c1-6-8-10-11-12-13-14-15-16-17-18-19-20-21-22-26-33-55-41(38-58-59(53,54)57-34-32-47(3,4)5)37-56-46(52)29-25-24-28-40(49)35-43-42(44(50)36-45(43)51)31-30-39(48)27-23-9-7-2/h26,30-31,33,39,41-45,48,50-51H,6-25,27-29,32,34-38H2,1-5H3/p+1/b31-30+,33-26-/t39-,41+,42+,43+,44+,45-/m0/s1. The molecule has 0 saturated heterocycles. The molecule has 0 aromatic rings. The van der Waals surface area contributed by atoms with Gasteiger partial charge in [-0.05, 0) is 38.2 Å². The first kappa shape index (κ1) is 55.4. The molecule has 7 atom stereocenters. The second-order valence-electron chi connectivity index (χ2n) is 17.8. The molecule has 59 heavy (non-hydrogen) atoms. The number of ketones is 1. The average Bonchev–Trinajstić information content (AvgIpc) is 3.44. The zero-order chi connectivity index (χ0) is 43.8. The zero-order valence-electron chi connectivity index (χ0n) is 37.8. The van der Waals surface area contributed by atoms with Gasteiger partial charge in [0.15, 0.2) is 6.10 Å². The van der Waals surface area contributed by atoms with Crippen LogP contribution in [-0.4, -0.2) is 108 Å². The van der Waals surface area contributed by atoms with Crippen molar-refractivity contribution in [3.05, 3.63) is 24.5 Å². The Balaban J connectivity index is 2.46. The predicted molar refractivity (Wildman–Crippen MR) is 236 cm³/mol. The molecule has 1 unspecified atom stereocenters. The van der Waals surface area contributed by atoms with Crippen LogP contribution in [0.3, 0.4) is 0 Å². The number of ether oxygens (including phenoxy) is 2. The van der Waals surface area contributed by atoms with Gasteiger partial charge in [0.25, 0.3) is 0 Å². The van der Waals surface area contributed by atoms with Gasteiger partial charge in [-0.1, -0.05) is 129 Å². The summed E-state index contributed by atoms with van der Waals surface area (Å²) in [7, 11) is 1.48. The van der Waals surface area contributed by atoms with E-state index in [-0.39, 0.29) is 51.3 Å². The monoisotopic (exact) mass is 861 g/mol. The number of aliphatic hydroxyl groups is 3. The van der Waals surface area contributed by atoms with Gasteiger partial charge >= 0.3 is 13.8 Å². The molecular formula is C46H87NO11P+. The number of carbonyl (C=O) groups excluding carboxylic acids is 2. The van der Waals surface area contributed by atoms with E-state index in [0.29, 0.717) is 30.3 Å². The van der Waals surface area contributed by atoms with Crippen molar-refractivity contribution >= 4 is 19.6 Å². The van der Waals surface area contributed by atoms with E-state index in [1.165, 1.54) is 83.3 Å². The van der Waals surface area contributed by atoms with Crippen molar-refractivity contribution in [2.24, 2.45) is 11.8 Å². The Morgan fingerprint density at radius 3 is 1.95 bits per heavy atom. The Morgan fingerprint density at radius 2 is 1.34 bits per heavy atom. The lowest BCUT2D eigenvalue weighted by molar-refractivity contribution is -0.870. The van der Waals surface area contributed by atoms with Crippen LogP contribution >= 0.6 is 7.82 Å². The highest BCUT2D eigenvalue weighted by atomic mass is 31.2. The number of unbranched alkanes of at least 4 members (excludes halogenated alkanes) is 17. The predicted octanol–water partition coefficient (Wildman–Crippen LogP) is 9.51. The molecule has 0 radical (unpaired) electrons. The summed E-state index contributed by atoms with van der Waals surface area (Å²) in [6.07, 6.45) is 27.9. The van der Waals surface area contributed by atoms with Gasteiger partial charge in [-0.3, -0.25) is 18.6 Å². The lowest BCUT2D eigenvalue weighted by Crippen LogP contribution is -2.37. The SMILES string of the molecule is CCCCCCCCCCCCCCCC/C=C\O[C@H](COC(=O)CCCCC(=O)C[C@@H]1[C@@H](/C=C/[C@@H](O)CCCCC)[C@H](O)C[C@@H]1O)COP(=O)(O)OCC[N+](C)(C)C. The molecule has 12 nitrogen and oxygen atoms in total. The first-order valence-corrected chi connectivity index (χ1v) is 24.8. The fourth-order valence-electron chi connectivity index (χ4n) is 7.30. The highest BCUT2D eigenvalue weighted by molar-refractivity contribution is 7.47. The maximum atomic E-state index is 12.9. The second-order valence-corrected chi connectivity index (χ2v) is 19.3. The summed E-state index contributed by atoms with van der Waals surface area (Å²) in [5, 5.41) is 31.4. The van der Waals surface area contributed by atoms with Crippen molar-refractivity contribution in [3.63, 3.8) is 0 Å². The molecule has 1 aliphatic rings. The average molecular weight is 861 g/mol. The Bertz CT molecular complexity index is 1180. The molecule has 346 valence electrons. The molecule has 0 aromatic carbocycles. The van der Waals surface area contributed by atoms with Crippen molar-refractivity contribution in [1.29, 1.82) is 0 Å². The molecule has 0 amide bonds. The van der Waals surface area contributed by atoms with Crippen molar-refractivity contribution in [2.75, 3.05) is 47.5 Å². The third kappa shape index (κ3) is 31.0. The molecule has 1 fully saturated rings. The van der Waals surface area contributed by atoms with Crippen LogP contribution in [0.4, 0.5) is 0 Å². The van der Waals surface area contributed by atoms with Crippen LogP contribution < -0.4 is 0 Å². The summed E-state index contributed by atoms with van der Waals surface area (Å²) in [5.41, 5.74) is 0. The number of quaternary nitrogens is 1. The van der Waals surface area contributed by atoms with E-state index in [9.17, 15) is 34.4 Å². The minimum atomic E-state index is -4.36. The Hall–Kier alpha value is -1.63. The number of hydrogen-bond donors (Lipinski definition) is 4. The molecule has 13 heteroatoms. The van der Waals surface area contributed by atoms with E-state index in [0.717, 1.165) is 38.5 Å². The summed E-state index contributed by atoms with van der Waals surface area (Å²) in [4.78, 5) is 35.7. The summed E-state index contributed by atoms with van der Waals surface area (Å²) in [6.45, 7) is 4.38. The summed E-state index contributed by atoms with van der Waals surface area (Å²) in [5.74, 6) is -1.37. The van der Waals surface area contributed by atoms with E-state index < -0.39 is 50.0 Å². The summed E-state index contributed by atoms with van der Waals surface area (Å²) in [6, 6.07) is 0. The highest BCUT2D eigenvalue weighted by Gasteiger charge is 2.41. The Kier molecular flexibility index (Phi) is 31.9. The number of nitrogens with zero attached hydrogens (tertiary/aromatic N) is 1. The summed E-state index contributed by atoms with van der Waals surface area (Å²) >= 11 is 0. The highest BCUT2D eigenvalue weighted by Crippen LogP contribution is 2.43. The third-order valence-corrected chi connectivity index (χ3v) is 12.1. The maximum absolute atomic E-state index is 12.9. The topological polar surface area (TPSA) is 169 Å². The number of phosphoric ester groups is 1. The molecule has 1 aliphatic carbocycles. The van der Waals surface area contributed by atoms with Gasteiger partial charge < -0.3 is 34.2 Å². The number of Topliss-reactive ketones (excluding diaryl/α,β-unsaturated/α-hetero) is 1. The number of allylic oxidation sites excluding steroid dienone is 1. The minimum Gasteiger partial charge on any atom is -0.492 e. The lowest BCUT2D eigenvalue weighted by atomic mass is 9.87. The van der Waals surface area contributed by atoms with Gasteiger partial charge in [-0.2, -0.15) is 0 Å². The fraction of sp³-hybridized carbons (Fsp3) is 0.870. The third-order valence-electron chi connectivity index (χ3n) is 11.1. The van der Waals surface area contributed by atoms with Crippen molar-refractivity contribution < 1.29 is 57.4 Å². The molecule has 1 rings (SSSR count).